The van der Waals surface area contributed by atoms with Gasteiger partial charge in [0.1, 0.15) is 18.1 Å². The van der Waals surface area contributed by atoms with Gasteiger partial charge in [-0.05, 0) is 69.0 Å². The van der Waals surface area contributed by atoms with Gasteiger partial charge in [-0.3, -0.25) is 9.69 Å². The van der Waals surface area contributed by atoms with Crippen LogP contribution in [0.4, 0.5) is 0 Å². The molecule has 6 nitrogen and oxygen atoms in total. The molecule has 6 heteroatoms. The normalized spacial score (nSPS) is 14.9. The molecule has 1 N–H and O–H groups in total. The van der Waals surface area contributed by atoms with Crippen molar-refractivity contribution in [1.29, 1.82) is 0 Å². The summed E-state index contributed by atoms with van der Waals surface area (Å²) in [6.07, 6.45) is 2.57. The van der Waals surface area contributed by atoms with Crippen LogP contribution >= 0.6 is 0 Å². The fourth-order valence-corrected chi connectivity index (χ4v) is 4.16. The molecule has 0 radical (unpaired) electrons. The molecule has 0 bridgehead atoms. The van der Waals surface area contributed by atoms with E-state index < -0.39 is 0 Å². The molecule has 3 aromatic rings. The fourth-order valence-electron chi connectivity index (χ4n) is 4.16. The lowest BCUT2D eigenvalue weighted by Crippen LogP contribution is -2.32. The predicted octanol–water partition coefficient (Wildman–Crippen LogP) is 5.03. The minimum Gasteiger partial charge on any atom is -0.488 e. The molecule has 174 valence electrons. The standard InChI is InChI=1S/C27H33N3O3/c1-19-12-14-30(15-13-19)17-23-10-8-22(9-11-23)16-28-27(31)24-6-4-5-7-26(24)32-18-25-20(2)29-33-21(25)3/h4-11,19H,12-18H2,1-3H3,(H,28,31). The lowest BCUT2D eigenvalue weighted by Gasteiger charge is -2.30. The summed E-state index contributed by atoms with van der Waals surface area (Å²) in [7, 11) is 0. The molecule has 1 amide bonds. The topological polar surface area (TPSA) is 67.6 Å². The van der Waals surface area contributed by atoms with E-state index in [0.29, 0.717) is 24.5 Å². The Labute approximate surface area is 195 Å². The second-order valence-electron chi connectivity index (χ2n) is 9.05. The highest BCUT2D eigenvalue weighted by molar-refractivity contribution is 5.96. The van der Waals surface area contributed by atoms with Gasteiger partial charge in [-0.2, -0.15) is 0 Å². The fraction of sp³-hybridized carbons (Fsp3) is 0.407. The Bertz CT molecular complexity index is 1050. The van der Waals surface area contributed by atoms with E-state index >= 15 is 0 Å². The van der Waals surface area contributed by atoms with Gasteiger partial charge in [0.25, 0.3) is 5.91 Å². The molecular weight excluding hydrogens is 414 g/mol. The number of ether oxygens (including phenoxy) is 1. The Kier molecular flexibility index (Phi) is 7.45. The van der Waals surface area contributed by atoms with Crippen LogP contribution in [0, 0.1) is 19.8 Å². The number of aryl methyl sites for hydroxylation is 2. The average molecular weight is 448 g/mol. The number of benzene rings is 2. The van der Waals surface area contributed by atoms with E-state index in [0.717, 1.165) is 35.0 Å². The summed E-state index contributed by atoms with van der Waals surface area (Å²) in [4.78, 5) is 15.4. The smallest absolute Gasteiger partial charge is 0.255 e. The molecule has 0 atom stereocenters. The highest BCUT2D eigenvalue weighted by Crippen LogP contribution is 2.22. The van der Waals surface area contributed by atoms with Crippen LogP contribution < -0.4 is 10.1 Å². The van der Waals surface area contributed by atoms with Crippen LogP contribution in [0.25, 0.3) is 0 Å². The predicted molar refractivity (Wildman–Crippen MR) is 128 cm³/mol. The molecule has 1 saturated heterocycles. The van der Waals surface area contributed by atoms with Gasteiger partial charge in [0, 0.05) is 13.1 Å². The zero-order chi connectivity index (χ0) is 23.2. The number of para-hydroxylation sites is 1. The van der Waals surface area contributed by atoms with Crippen molar-refractivity contribution in [2.75, 3.05) is 13.1 Å². The molecule has 0 unspecified atom stereocenters. The number of rotatable bonds is 8. The molecule has 2 heterocycles. The summed E-state index contributed by atoms with van der Waals surface area (Å²) in [5.74, 6) is 1.96. The number of piperidine rings is 1. The van der Waals surface area contributed by atoms with Crippen LogP contribution in [0.5, 0.6) is 5.75 Å². The molecule has 0 spiro atoms. The van der Waals surface area contributed by atoms with Crippen molar-refractivity contribution in [3.8, 4) is 5.75 Å². The number of carbonyl (C=O) groups excluding carboxylic acids is 1. The minimum absolute atomic E-state index is 0.157. The second kappa shape index (κ2) is 10.7. The van der Waals surface area contributed by atoms with Crippen molar-refractivity contribution in [3.05, 3.63) is 82.2 Å². The van der Waals surface area contributed by atoms with E-state index in [2.05, 4.69) is 46.6 Å². The third kappa shape index (κ3) is 6.02. The molecule has 33 heavy (non-hydrogen) atoms. The third-order valence-corrected chi connectivity index (χ3v) is 6.44. The van der Waals surface area contributed by atoms with E-state index in [4.69, 9.17) is 9.26 Å². The quantitative estimate of drug-likeness (QED) is 0.524. The van der Waals surface area contributed by atoms with Gasteiger partial charge in [0.2, 0.25) is 0 Å². The first-order valence-corrected chi connectivity index (χ1v) is 11.7. The summed E-state index contributed by atoms with van der Waals surface area (Å²) < 4.78 is 11.1. The zero-order valence-corrected chi connectivity index (χ0v) is 19.8. The number of hydrogen-bond donors (Lipinski definition) is 1. The van der Waals surface area contributed by atoms with Gasteiger partial charge in [-0.15, -0.1) is 0 Å². The SMILES string of the molecule is Cc1noc(C)c1COc1ccccc1C(=O)NCc1ccc(CN2CCC(C)CC2)cc1. The summed E-state index contributed by atoms with van der Waals surface area (Å²) in [6, 6.07) is 15.8. The van der Waals surface area contributed by atoms with E-state index in [1.807, 2.05) is 32.0 Å². The number of amides is 1. The summed E-state index contributed by atoms with van der Waals surface area (Å²) in [6.45, 7) is 10.2. The van der Waals surface area contributed by atoms with Crippen molar-refractivity contribution in [1.82, 2.24) is 15.4 Å². The molecule has 0 aliphatic carbocycles. The molecular formula is C27H33N3O3. The lowest BCUT2D eigenvalue weighted by molar-refractivity contribution is 0.0946. The van der Waals surface area contributed by atoms with Gasteiger partial charge in [-0.1, -0.05) is 48.5 Å². The molecule has 1 aliphatic rings. The van der Waals surface area contributed by atoms with Crippen LogP contribution in [0.1, 0.15) is 58.3 Å². The number of carbonyl (C=O) groups is 1. The molecule has 1 aromatic heterocycles. The Morgan fingerprint density at radius 1 is 1.09 bits per heavy atom. The first-order chi connectivity index (χ1) is 16.0. The zero-order valence-electron chi connectivity index (χ0n) is 19.8. The first-order valence-electron chi connectivity index (χ1n) is 11.7. The molecule has 2 aromatic carbocycles. The van der Waals surface area contributed by atoms with Crippen LogP contribution in [0.3, 0.4) is 0 Å². The van der Waals surface area contributed by atoms with Gasteiger partial charge in [-0.25, -0.2) is 0 Å². The molecule has 1 aliphatic heterocycles. The Balaban J connectivity index is 1.31. The maximum Gasteiger partial charge on any atom is 0.255 e. The summed E-state index contributed by atoms with van der Waals surface area (Å²) >= 11 is 0. The first kappa shape index (κ1) is 23.1. The highest BCUT2D eigenvalue weighted by atomic mass is 16.5. The van der Waals surface area contributed by atoms with Crippen molar-refractivity contribution in [2.45, 2.75) is 53.3 Å². The van der Waals surface area contributed by atoms with Crippen LogP contribution in [0.15, 0.2) is 53.1 Å². The number of hydrogen-bond acceptors (Lipinski definition) is 5. The van der Waals surface area contributed by atoms with Crippen LogP contribution in [0.2, 0.25) is 0 Å². The maximum absolute atomic E-state index is 12.9. The van der Waals surface area contributed by atoms with Crippen molar-refractivity contribution in [2.24, 2.45) is 5.92 Å². The van der Waals surface area contributed by atoms with Crippen LogP contribution in [-0.2, 0) is 19.7 Å². The van der Waals surface area contributed by atoms with Crippen molar-refractivity contribution < 1.29 is 14.1 Å². The molecule has 4 rings (SSSR count). The van der Waals surface area contributed by atoms with E-state index in [9.17, 15) is 4.79 Å². The van der Waals surface area contributed by atoms with Gasteiger partial charge < -0.3 is 14.6 Å². The second-order valence-corrected chi connectivity index (χ2v) is 9.05. The van der Waals surface area contributed by atoms with Gasteiger partial charge >= 0.3 is 0 Å². The maximum atomic E-state index is 12.9. The highest BCUT2D eigenvalue weighted by Gasteiger charge is 2.16. The van der Waals surface area contributed by atoms with E-state index in [1.54, 1.807) is 6.07 Å². The minimum atomic E-state index is -0.157. The summed E-state index contributed by atoms with van der Waals surface area (Å²) in [5, 5.41) is 6.97. The van der Waals surface area contributed by atoms with Gasteiger partial charge in [0.05, 0.1) is 16.8 Å². The Morgan fingerprint density at radius 3 is 2.48 bits per heavy atom. The molecule has 1 fully saturated rings. The largest absolute Gasteiger partial charge is 0.488 e. The van der Waals surface area contributed by atoms with Crippen molar-refractivity contribution in [3.63, 3.8) is 0 Å². The Hall–Kier alpha value is -3.12. The molecule has 0 saturated carbocycles. The number of aromatic nitrogens is 1. The van der Waals surface area contributed by atoms with Crippen molar-refractivity contribution >= 4 is 5.91 Å². The van der Waals surface area contributed by atoms with Gasteiger partial charge in [0.15, 0.2) is 0 Å². The van der Waals surface area contributed by atoms with E-state index in [1.165, 1.54) is 31.5 Å². The van der Waals surface area contributed by atoms with Crippen LogP contribution in [-0.4, -0.2) is 29.1 Å². The monoisotopic (exact) mass is 447 g/mol. The third-order valence-electron chi connectivity index (χ3n) is 6.44. The number of nitrogens with zero attached hydrogens (tertiary/aromatic N) is 2. The number of likely N-dealkylation sites (tertiary alicyclic amines) is 1. The average Bonchev–Trinajstić information content (AvgIpc) is 3.15. The lowest BCUT2D eigenvalue weighted by atomic mass is 9.99. The summed E-state index contributed by atoms with van der Waals surface area (Å²) in [5.41, 5.74) is 4.61. The number of nitrogens with one attached hydrogen (secondary N) is 1. The Morgan fingerprint density at radius 2 is 1.79 bits per heavy atom. The van der Waals surface area contributed by atoms with E-state index in [-0.39, 0.29) is 5.91 Å².